The van der Waals surface area contributed by atoms with Crippen LogP contribution in [0.2, 0.25) is 0 Å². The average molecular weight is 257 g/mol. The molecule has 3 rings (SSSR count). The molecule has 0 spiro atoms. The summed E-state index contributed by atoms with van der Waals surface area (Å²) in [7, 11) is 0. The fourth-order valence-corrected chi connectivity index (χ4v) is 1.80. The standard InChI is InChI=1S/C9H9NO2.C6H6O/c11-7-2-3-8-6(5-7)1-4-9(12)10-8;7-6-4-2-1-3-5-6/h2-3,5,11H,1,4H2,(H,10,12);1-5,7H. The van der Waals surface area contributed by atoms with Crippen LogP contribution in [-0.4, -0.2) is 16.1 Å². The molecule has 1 heterocycles. The number of phenolic OH excluding ortho intramolecular Hbond substituents is 2. The van der Waals surface area contributed by atoms with Crippen LogP contribution in [0.1, 0.15) is 12.0 Å². The second-order valence-corrected chi connectivity index (χ2v) is 4.23. The molecule has 2 aromatic rings. The minimum absolute atomic E-state index is 0.0492. The lowest BCUT2D eigenvalue weighted by Crippen LogP contribution is -2.18. The maximum Gasteiger partial charge on any atom is 0.224 e. The number of amides is 1. The van der Waals surface area contributed by atoms with E-state index in [1.165, 1.54) is 0 Å². The number of fused-ring (bicyclic) bond motifs is 1. The minimum Gasteiger partial charge on any atom is -0.508 e. The Labute approximate surface area is 111 Å². The molecular formula is C15H15NO3. The second-order valence-electron chi connectivity index (χ2n) is 4.23. The number of benzene rings is 2. The van der Waals surface area contributed by atoms with Crippen LogP contribution in [0.3, 0.4) is 0 Å². The van der Waals surface area contributed by atoms with Crippen LogP contribution in [0, 0.1) is 0 Å². The van der Waals surface area contributed by atoms with Gasteiger partial charge < -0.3 is 15.5 Å². The largest absolute Gasteiger partial charge is 0.508 e. The van der Waals surface area contributed by atoms with Gasteiger partial charge in [-0.05, 0) is 42.3 Å². The van der Waals surface area contributed by atoms with Gasteiger partial charge in [0.15, 0.2) is 0 Å². The number of aromatic hydroxyl groups is 2. The normalized spacial score (nSPS) is 12.7. The highest BCUT2D eigenvalue weighted by Gasteiger charge is 2.14. The number of hydrogen-bond donors (Lipinski definition) is 3. The summed E-state index contributed by atoms with van der Waals surface area (Å²) in [5.41, 5.74) is 1.83. The summed E-state index contributed by atoms with van der Waals surface area (Å²) in [5, 5.41) is 20.5. The predicted octanol–water partition coefficient (Wildman–Crippen LogP) is 2.67. The highest BCUT2D eigenvalue weighted by molar-refractivity contribution is 5.93. The number of anilines is 1. The van der Waals surface area contributed by atoms with Crippen molar-refractivity contribution in [1.29, 1.82) is 0 Å². The van der Waals surface area contributed by atoms with Gasteiger partial charge in [-0.15, -0.1) is 0 Å². The topological polar surface area (TPSA) is 69.6 Å². The van der Waals surface area contributed by atoms with Gasteiger partial charge in [0.05, 0.1) is 0 Å². The molecule has 3 N–H and O–H groups in total. The first-order valence-electron chi connectivity index (χ1n) is 6.01. The Morgan fingerprint density at radius 1 is 0.895 bits per heavy atom. The maximum absolute atomic E-state index is 10.9. The van der Waals surface area contributed by atoms with Crippen LogP contribution in [-0.2, 0) is 11.2 Å². The summed E-state index contributed by atoms with van der Waals surface area (Å²) >= 11 is 0. The Kier molecular flexibility index (Phi) is 4.03. The number of rotatable bonds is 0. The van der Waals surface area contributed by atoms with Gasteiger partial charge in [-0.3, -0.25) is 4.79 Å². The molecule has 98 valence electrons. The zero-order valence-corrected chi connectivity index (χ0v) is 10.3. The Morgan fingerprint density at radius 2 is 1.63 bits per heavy atom. The Hall–Kier alpha value is -2.49. The molecule has 1 aliphatic heterocycles. The lowest BCUT2D eigenvalue weighted by molar-refractivity contribution is -0.116. The fraction of sp³-hybridized carbons (Fsp3) is 0.133. The third-order valence-electron chi connectivity index (χ3n) is 2.74. The monoisotopic (exact) mass is 257 g/mol. The number of nitrogens with one attached hydrogen (secondary N) is 1. The van der Waals surface area contributed by atoms with Crippen molar-refractivity contribution in [2.45, 2.75) is 12.8 Å². The zero-order chi connectivity index (χ0) is 13.7. The third kappa shape index (κ3) is 3.74. The maximum atomic E-state index is 10.9. The Bertz CT molecular complexity index is 567. The van der Waals surface area contributed by atoms with Crippen molar-refractivity contribution in [3.05, 3.63) is 54.1 Å². The van der Waals surface area contributed by atoms with Gasteiger partial charge in [-0.25, -0.2) is 0 Å². The summed E-state index contributed by atoms with van der Waals surface area (Å²) in [6, 6.07) is 13.7. The van der Waals surface area contributed by atoms with Crippen LogP contribution in [0.25, 0.3) is 0 Å². The van der Waals surface area contributed by atoms with E-state index in [0.717, 1.165) is 17.7 Å². The molecule has 1 amide bonds. The fourth-order valence-electron chi connectivity index (χ4n) is 1.80. The van der Waals surface area contributed by atoms with E-state index in [-0.39, 0.29) is 11.7 Å². The van der Waals surface area contributed by atoms with E-state index in [4.69, 9.17) is 10.2 Å². The lowest BCUT2D eigenvalue weighted by Gasteiger charge is -2.16. The van der Waals surface area contributed by atoms with E-state index in [2.05, 4.69) is 5.32 Å². The van der Waals surface area contributed by atoms with E-state index in [1.54, 1.807) is 42.5 Å². The highest BCUT2D eigenvalue weighted by Crippen LogP contribution is 2.25. The molecule has 0 bridgehead atoms. The molecule has 4 heteroatoms. The van der Waals surface area contributed by atoms with Gasteiger partial charge in [0.1, 0.15) is 11.5 Å². The van der Waals surface area contributed by atoms with E-state index in [9.17, 15) is 4.79 Å². The molecule has 0 radical (unpaired) electrons. The van der Waals surface area contributed by atoms with E-state index >= 15 is 0 Å². The van der Waals surface area contributed by atoms with Crippen LogP contribution < -0.4 is 5.32 Å². The second kappa shape index (κ2) is 5.91. The first kappa shape index (κ1) is 13.0. The molecular weight excluding hydrogens is 242 g/mol. The summed E-state index contributed by atoms with van der Waals surface area (Å²) in [6.07, 6.45) is 1.23. The van der Waals surface area contributed by atoms with Crippen molar-refractivity contribution in [2.75, 3.05) is 5.32 Å². The smallest absolute Gasteiger partial charge is 0.224 e. The van der Waals surface area contributed by atoms with Crippen molar-refractivity contribution in [1.82, 2.24) is 0 Å². The molecule has 0 fully saturated rings. The van der Waals surface area contributed by atoms with Gasteiger partial charge in [0.2, 0.25) is 5.91 Å². The molecule has 0 aromatic heterocycles. The van der Waals surface area contributed by atoms with Gasteiger partial charge in [0, 0.05) is 12.1 Å². The van der Waals surface area contributed by atoms with Gasteiger partial charge in [-0.2, -0.15) is 0 Å². The number of para-hydroxylation sites is 1. The number of hydrogen-bond acceptors (Lipinski definition) is 3. The number of carbonyl (C=O) groups excluding carboxylic acids is 1. The SMILES string of the molecule is O=C1CCc2cc(O)ccc2N1.Oc1ccccc1. The van der Waals surface area contributed by atoms with Crippen molar-refractivity contribution in [3.8, 4) is 11.5 Å². The Balaban J connectivity index is 0.000000163. The summed E-state index contributed by atoms with van der Waals surface area (Å²) in [5.74, 6) is 0.626. The summed E-state index contributed by atoms with van der Waals surface area (Å²) in [6.45, 7) is 0. The molecule has 4 nitrogen and oxygen atoms in total. The molecule has 0 unspecified atom stereocenters. The molecule has 0 atom stereocenters. The van der Waals surface area contributed by atoms with E-state index < -0.39 is 0 Å². The van der Waals surface area contributed by atoms with Crippen molar-refractivity contribution < 1.29 is 15.0 Å². The Morgan fingerprint density at radius 3 is 2.26 bits per heavy atom. The highest BCUT2D eigenvalue weighted by atomic mass is 16.3. The molecule has 0 saturated heterocycles. The number of phenols is 2. The van der Waals surface area contributed by atoms with Crippen LogP contribution in [0.5, 0.6) is 11.5 Å². The molecule has 0 saturated carbocycles. The third-order valence-corrected chi connectivity index (χ3v) is 2.74. The first-order chi connectivity index (χ1) is 9.15. The van der Waals surface area contributed by atoms with Crippen molar-refractivity contribution in [3.63, 3.8) is 0 Å². The molecule has 2 aromatic carbocycles. The minimum atomic E-state index is 0.0492. The van der Waals surface area contributed by atoms with E-state index in [0.29, 0.717) is 12.2 Å². The van der Waals surface area contributed by atoms with Crippen LogP contribution >= 0.6 is 0 Å². The van der Waals surface area contributed by atoms with Gasteiger partial charge >= 0.3 is 0 Å². The zero-order valence-electron chi connectivity index (χ0n) is 10.3. The van der Waals surface area contributed by atoms with Crippen LogP contribution in [0.4, 0.5) is 5.69 Å². The molecule has 1 aliphatic rings. The first-order valence-corrected chi connectivity index (χ1v) is 6.01. The van der Waals surface area contributed by atoms with E-state index in [1.807, 2.05) is 6.07 Å². The van der Waals surface area contributed by atoms with Crippen molar-refractivity contribution >= 4 is 11.6 Å². The van der Waals surface area contributed by atoms with Crippen LogP contribution in [0.15, 0.2) is 48.5 Å². The van der Waals surface area contributed by atoms with Crippen molar-refractivity contribution in [2.24, 2.45) is 0 Å². The number of carbonyl (C=O) groups is 1. The predicted molar refractivity (Wildman–Crippen MR) is 73.2 cm³/mol. The van der Waals surface area contributed by atoms with Gasteiger partial charge in [-0.1, -0.05) is 18.2 Å². The van der Waals surface area contributed by atoms with Gasteiger partial charge in [0.25, 0.3) is 0 Å². The quantitative estimate of drug-likeness (QED) is 0.635. The lowest BCUT2D eigenvalue weighted by atomic mass is 10.0. The molecule has 0 aliphatic carbocycles. The summed E-state index contributed by atoms with van der Waals surface area (Å²) in [4.78, 5) is 10.9. The molecule has 19 heavy (non-hydrogen) atoms. The summed E-state index contributed by atoms with van der Waals surface area (Å²) < 4.78 is 0. The average Bonchev–Trinajstić information content (AvgIpc) is 2.41. The number of aryl methyl sites for hydroxylation is 1.